The van der Waals surface area contributed by atoms with Crippen LogP contribution < -0.4 is 0 Å². The van der Waals surface area contributed by atoms with Gasteiger partial charge in [-0.3, -0.25) is 4.79 Å². The molecule has 1 fully saturated rings. The number of ether oxygens (including phenoxy) is 3. The summed E-state index contributed by atoms with van der Waals surface area (Å²) >= 11 is 0. The molecular weight excluding hydrogens is 160 g/mol. The van der Waals surface area contributed by atoms with Gasteiger partial charge in [0.2, 0.25) is 0 Å². The smallest absolute Gasteiger partial charge is 0.313 e. The number of hydrogen-bond acceptors (Lipinski definition) is 4. The molecule has 0 aromatic rings. The fourth-order valence-electron chi connectivity index (χ4n) is 1.43. The molecule has 4 heteroatoms. The molecule has 3 unspecified atom stereocenters. The van der Waals surface area contributed by atoms with Crippen LogP contribution in [-0.2, 0) is 19.0 Å². The maximum absolute atomic E-state index is 11.1. The third-order valence-electron chi connectivity index (χ3n) is 2.02. The summed E-state index contributed by atoms with van der Waals surface area (Å²) in [5, 5.41) is 0. The Hall–Kier alpha value is -0.610. The zero-order valence-electron chi connectivity index (χ0n) is 7.57. The topological polar surface area (TPSA) is 44.8 Å². The number of hydrogen-bond donors (Lipinski definition) is 0. The summed E-state index contributed by atoms with van der Waals surface area (Å²) in [7, 11) is 2.90. The van der Waals surface area contributed by atoms with Gasteiger partial charge in [-0.15, -0.1) is 0 Å². The van der Waals surface area contributed by atoms with Crippen molar-refractivity contribution in [2.24, 2.45) is 5.92 Å². The van der Waals surface area contributed by atoms with Crippen molar-refractivity contribution in [2.75, 3.05) is 14.2 Å². The van der Waals surface area contributed by atoms with E-state index in [9.17, 15) is 4.79 Å². The minimum Gasteiger partial charge on any atom is -0.469 e. The van der Waals surface area contributed by atoms with Crippen LogP contribution in [0.4, 0.5) is 0 Å². The van der Waals surface area contributed by atoms with Gasteiger partial charge >= 0.3 is 5.97 Å². The molecule has 4 nitrogen and oxygen atoms in total. The normalized spacial score (nSPS) is 35.1. The van der Waals surface area contributed by atoms with E-state index in [-0.39, 0.29) is 18.0 Å². The summed E-state index contributed by atoms with van der Waals surface area (Å²) in [4.78, 5) is 11.1. The third kappa shape index (κ3) is 1.76. The average molecular weight is 174 g/mol. The van der Waals surface area contributed by atoms with E-state index in [0.717, 1.165) is 0 Å². The van der Waals surface area contributed by atoms with E-state index < -0.39 is 6.29 Å². The van der Waals surface area contributed by atoms with E-state index in [2.05, 4.69) is 4.74 Å². The second-order valence-corrected chi connectivity index (χ2v) is 2.92. The van der Waals surface area contributed by atoms with E-state index >= 15 is 0 Å². The first-order chi connectivity index (χ1) is 5.69. The minimum absolute atomic E-state index is 0.0686. The van der Waals surface area contributed by atoms with Gasteiger partial charge in [0.1, 0.15) is 5.92 Å². The third-order valence-corrected chi connectivity index (χ3v) is 2.02. The molecule has 0 aromatic heterocycles. The molecule has 1 rings (SSSR count). The first-order valence-corrected chi connectivity index (χ1v) is 3.95. The molecule has 0 aliphatic carbocycles. The first-order valence-electron chi connectivity index (χ1n) is 3.95. The largest absolute Gasteiger partial charge is 0.469 e. The maximum atomic E-state index is 11.1. The highest BCUT2D eigenvalue weighted by Crippen LogP contribution is 2.27. The number of methoxy groups -OCH3 is 2. The monoisotopic (exact) mass is 174 g/mol. The standard InChI is InChI=1S/C8H14O4/c1-5-4-6(7(9)10-2)8(11-3)12-5/h5-6,8H,4H2,1-3H3. The van der Waals surface area contributed by atoms with Gasteiger partial charge < -0.3 is 14.2 Å². The molecule has 0 amide bonds. The van der Waals surface area contributed by atoms with Crippen molar-refractivity contribution >= 4 is 5.97 Å². The first kappa shape index (κ1) is 9.48. The summed E-state index contributed by atoms with van der Waals surface area (Å²) < 4.78 is 14.9. The SMILES string of the molecule is COC(=O)C1CC(C)OC1OC. The average Bonchev–Trinajstić information content (AvgIpc) is 2.45. The molecule has 1 aliphatic rings. The predicted molar refractivity (Wildman–Crippen MR) is 41.5 cm³/mol. The molecule has 0 saturated carbocycles. The second kappa shape index (κ2) is 3.87. The van der Waals surface area contributed by atoms with Gasteiger partial charge in [-0.2, -0.15) is 0 Å². The van der Waals surface area contributed by atoms with E-state index in [1.54, 1.807) is 0 Å². The Morgan fingerprint density at radius 2 is 2.17 bits per heavy atom. The van der Waals surface area contributed by atoms with Crippen molar-refractivity contribution < 1.29 is 19.0 Å². The molecule has 12 heavy (non-hydrogen) atoms. The van der Waals surface area contributed by atoms with Crippen molar-refractivity contribution in [3.05, 3.63) is 0 Å². The lowest BCUT2D eigenvalue weighted by Gasteiger charge is -2.13. The molecule has 1 aliphatic heterocycles. The lowest BCUT2D eigenvalue weighted by atomic mass is 10.1. The van der Waals surface area contributed by atoms with Crippen molar-refractivity contribution in [1.29, 1.82) is 0 Å². The highest BCUT2D eigenvalue weighted by atomic mass is 16.7. The molecule has 1 saturated heterocycles. The van der Waals surface area contributed by atoms with Gasteiger partial charge in [-0.25, -0.2) is 0 Å². The quantitative estimate of drug-likeness (QED) is 0.574. The molecule has 0 bridgehead atoms. The Morgan fingerprint density at radius 3 is 2.67 bits per heavy atom. The van der Waals surface area contributed by atoms with Crippen LogP contribution in [0, 0.1) is 5.92 Å². The maximum Gasteiger partial charge on any atom is 0.313 e. The molecule has 0 aromatic carbocycles. The van der Waals surface area contributed by atoms with E-state index in [0.29, 0.717) is 6.42 Å². The van der Waals surface area contributed by atoms with Crippen LogP contribution in [0.15, 0.2) is 0 Å². The van der Waals surface area contributed by atoms with Crippen LogP contribution in [0.25, 0.3) is 0 Å². The summed E-state index contributed by atoms with van der Waals surface area (Å²) in [5.74, 6) is -0.527. The van der Waals surface area contributed by atoms with Gasteiger partial charge in [-0.1, -0.05) is 0 Å². The van der Waals surface area contributed by atoms with Crippen LogP contribution in [0.2, 0.25) is 0 Å². The van der Waals surface area contributed by atoms with E-state index in [1.165, 1.54) is 14.2 Å². The molecule has 70 valence electrons. The van der Waals surface area contributed by atoms with Gasteiger partial charge in [0.05, 0.1) is 13.2 Å². The van der Waals surface area contributed by atoms with Crippen LogP contribution >= 0.6 is 0 Å². The second-order valence-electron chi connectivity index (χ2n) is 2.92. The Kier molecular flexibility index (Phi) is 3.05. The van der Waals surface area contributed by atoms with Crippen LogP contribution in [-0.4, -0.2) is 32.6 Å². The Morgan fingerprint density at radius 1 is 1.50 bits per heavy atom. The summed E-state index contributed by atoms with van der Waals surface area (Å²) in [5.41, 5.74) is 0. The lowest BCUT2D eigenvalue weighted by molar-refractivity contribution is -0.164. The molecule has 3 atom stereocenters. The lowest BCUT2D eigenvalue weighted by Crippen LogP contribution is -2.26. The summed E-state index contributed by atoms with van der Waals surface area (Å²) in [6.45, 7) is 1.91. The highest BCUT2D eigenvalue weighted by Gasteiger charge is 2.38. The molecular formula is C8H14O4. The van der Waals surface area contributed by atoms with Crippen molar-refractivity contribution in [2.45, 2.75) is 25.7 Å². The molecule has 0 radical (unpaired) electrons. The zero-order valence-corrected chi connectivity index (χ0v) is 7.57. The number of carbonyl (C=O) groups is 1. The molecule has 0 N–H and O–H groups in total. The number of esters is 1. The molecule has 0 spiro atoms. The Labute approximate surface area is 71.8 Å². The van der Waals surface area contributed by atoms with Crippen molar-refractivity contribution in [3.63, 3.8) is 0 Å². The highest BCUT2D eigenvalue weighted by molar-refractivity contribution is 5.73. The summed E-state index contributed by atoms with van der Waals surface area (Å²) in [6.07, 6.45) is 0.303. The van der Waals surface area contributed by atoms with Crippen molar-refractivity contribution in [1.82, 2.24) is 0 Å². The fourth-order valence-corrected chi connectivity index (χ4v) is 1.43. The molecule has 1 heterocycles. The van der Waals surface area contributed by atoms with Gasteiger partial charge in [0.25, 0.3) is 0 Å². The van der Waals surface area contributed by atoms with Crippen LogP contribution in [0.3, 0.4) is 0 Å². The van der Waals surface area contributed by atoms with Gasteiger partial charge in [-0.05, 0) is 13.3 Å². The van der Waals surface area contributed by atoms with E-state index in [1.807, 2.05) is 6.92 Å². The van der Waals surface area contributed by atoms with Gasteiger partial charge in [0.15, 0.2) is 6.29 Å². The Bertz CT molecular complexity index is 168. The Balaban J connectivity index is 2.57. The number of rotatable bonds is 2. The number of carbonyl (C=O) groups excluding carboxylic acids is 1. The van der Waals surface area contributed by atoms with Crippen LogP contribution in [0.1, 0.15) is 13.3 Å². The van der Waals surface area contributed by atoms with Gasteiger partial charge in [0, 0.05) is 7.11 Å². The van der Waals surface area contributed by atoms with E-state index in [4.69, 9.17) is 9.47 Å². The zero-order chi connectivity index (χ0) is 9.14. The fraction of sp³-hybridized carbons (Fsp3) is 0.875. The van der Waals surface area contributed by atoms with Crippen molar-refractivity contribution in [3.8, 4) is 0 Å². The summed E-state index contributed by atoms with van der Waals surface area (Å²) in [6, 6.07) is 0. The van der Waals surface area contributed by atoms with Crippen LogP contribution in [0.5, 0.6) is 0 Å². The predicted octanol–water partition coefficient (Wildman–Crippen LogP) is 0.557. The minimum atomic E-state index is -0.438.